The maximum Gasteiger partial charge on any atom is 0.156 e. The first kappa shape index (κ1) is 8.76. The lowest BCUT2D eigenvalue weighted by molar-refractivity contribution is -0.0425. The summed E-state index contributed by atoms with van der Waals surface area (Å²) in [6, 6.07) is 4.01. The normalized spacial score (nSPS) is 19.2. The lowest BCUT2D eigenvalue weighted by atomic mass is 9.73. The van der Waals surface area contributed by atoms with Gasteiger partial charge in [-0.3, -0.25) is 4.98 Å². The van der Waals surface area contributed by atoms with Crippen LogP contribution in [0.15, 0.2) is 18.3 Å². The smallest absolute Gasteiger partial charge is 0.156 e. The molecule has 2 rings (SSSR count). The van der Waals surface area contributed by atoms with Gasteiger partial charge in [0.05, 0.1) is 5.69 Å². The van der Waals surface area contributed by atoms with Crippen LogP contribution in [0, 0.1) is 0 Å². The molecule has 0 bridgehead atoms. The predicted octanol–water partition coefficient (Wildman–Crippen LogP) is 0.563. The number of pyridine rings is 1. The van der Waals surface area contributed by atoms with E-state index in [-0.39, 0.29) is 0 Å². The van der Waals surface area contributed by atoms with Crippen molar-refractivity contribution in [3.63, 3.8) is 0 Å². The summed E-state index contributed by atoms with van der Waals surface area (Å²) in [4.78, 5) is 4.29. The molecule has 0 amide bonds. The molecule has 1 aromatic heterocycles. The Labute approximate surface area is 79.3 Å². The van der Waals surface area contributed by atoms with Crippen LogP contribution < -0.4 is 5.46 Å². The average molecular weight is 175 g/mol. The first-order valence-corrected chi connectivity index (χ1v) is 4.92. The second-order valence-corrected chi connectivity index (χ2v) is 3.79. The van der Waals surface area contributed by atoms with Crippen LogP contribution in [0.25, 0.3) is 0 Å². The number of aliphatic hydroxyl groups is 1. The lowest BCUT2D eigenvalue weighted by Gasteiger charge is -2.35. The lowest BCUT2D eigenvalue weighted by Crippen LogP contribution is -2.35. The molecule has 3 heteroatoms. The Morgan fingerprint density at radius 2 is 2.23 bits per heavy atom. The fourth-order valence-corrected chi connectivity index (χ4v) is 1.68. The Bertz CT molecular complexity index is 292. The first-order valence-electron chi connectivity index (χ1n) is 4.92. The minimum atomic E-state index is -0.605. The van der Waals surface area contributed by atoms with Crippen molar-refractivity contribution in [1.29, 1.82) is 0 Å². The highest BCUT2D eigenvalue weighted by molar-refractivity contribution is 6.51. The third-order valence-electron chi connectivity index (χ3n) is 2.89. The zero-order valence-electron chi connectivity index (χ0n) is 7.95. The van der Waals surface area contributed by atoms with Gasteiger partial charge in [0.2, 0.25) is 0 Å². The summed E-state index contributed by atoms with van der Waals surface area (Å²) in [7, 11) is 1.01. The van der Waals surface area contributed by atoms with Crippen molar-refractivity contribution in [1.82, 2.24) is 4.98 Å². The monoisotopic (exact) mass is 175 g/mol. The standard InChI is InChI=1S/C10H14BNO/c1-11-8-3-4-9(12-7-8)10(13)5-2-6-10/h3-4,7,11,13H,2,5-6H2,1H3. The molecule has 1 saturated carbocycles. The molecule has 0 aliphatic heterocycles. The quantitative estimate of drug-likeness (QED) is 0.666. The van der Waals surface area contributed by atoms with Gasteiger partial charge in [-0.1, -0.05) is 18.4 Å². The Morgan fingerprint density at radius 3 is 2.62 bits per heavy atom. The van der Waals surface area contributed by atoms with Gasteiger partial charge in [0.25, 0.3) is 0 Å². The molecule has 0 aromatic carbocycles. The van der Waals surface area contributed by atoms with Crippen LogP contribution in [0.4, 0.5) is 0 Å². The zero-order chi connectivity index (χ0) is 9.31. The highest BCUT2D eigenvalue weighted by atomic mass is 16.3. The molecular weight excluding hydrogens is 161 g/mol. The van der Waals surface area contributed by atoms with Gasteiger partial charge in [0, 0.05) is 6.20 Å². The molecule has 68 valence electrons. The molecule has 2 nitrogen and oxygen atoms in total. The van der Waals surface area contributed by atoms with Gasteiger partial charge in [-0.15, -0.1) is 0 Å². The maximum atomic E-state index is 9.98. The highest BCUT2D eigenvalue weighted by Gasteiger charge is 2.37. The van der Waals surface area contributed by atoms with E-state index >= 15 is 0 Å². The molecule has 1 N–H and O–H groups in total. The Balaban J connectivity index is 2.22. The van der Waals surface area contributed by atoms with E-state index in [9.17, 15) is 5.11 Å². The van der Waals surface area contributed by atoms with Crippen LogP contribution in [-0.2, 0) is 5.60 Å². The second-order valence-electron chi connectivity index (χ2n) is 3.79. The molecule has 1 heterocycles. The van der Waals surface area contributed by atoms with Crippen LogP contribution in [0.2, 0.25) is 6.82 Å². The molecule has 1 fully saturated rings. The predicted molar refractivity (Wildman–Crippen MR) is 54.6 cm³/mol. The SMILES string of the molecule is CBc1ccc(C2(O)CCC2)nc1. The molecule has 1 aliphatic carbocycles. The van der Waals surface area contributed by atoms with Crippen LogP contribution in [0.3, 0.4) is 0 Å². The van der Waals surface area contributed by atoms with Gasteiger partial charge in [-0.05, 0) is 25.3 Å². The number of rotatable bonds is 2. The van der Waals surface area contributed by atoms with Gasteiger partial charge < -0.3 is 5.11 Å². The number of hydrogen-bond donors (Lipinski definition) is 1. The van der Waals surface area contributed by atoms with Gasteiger partial charge in [0.15, 0.2) is 7.28 Å². The van der Waals surface area contributed by atoms with E-state index in [0.717, 1.165) is 32.2 Å². The van der Waals surface area contributed by atoms with E-state index in [4.69, 9.17) is 0 Å². The van der Waals surface area contributed by atoms with Crippen LogP contribution in [0.1, 0.15) is 25.0 Å². The number of aromatic nitrogens is 1. The third-order valence-corrected chi connectivity index (χ3v) is 2.89. The molecular formula is C10H14BNO. The summed E-state index contributed by atoms with van der Waals surface area (Å²) in [5.41, 5.74) is 1.47. The minimum absolute atomic E-state index is 0.605. The fourth-order valence-electron chi connectivity index (χ4n) is 1.68. The Kier molecular flexibility index (Phi) is 2.12. The molecule has 1 aromatic rings. The maximum absolute atomic E-state index is 9.98. The van der Waals surface area contributed by atoms with E-state index in [1.165, 1.54) is 5.46 Å². The highest BCUT2D eigenvalue weighted by Crippen LogP contribution is 2.39. The molecule has 0 atom stereocenters. The summed E-state index contributed by atoms with van der Waals surface area (Å²) in [6.07, 6.45) is 4.72. The minimum Gasteiger partial charge on any atom is -0.384 e. The zero-order valence-corrected chi connectivity index (χ0v) is 7.95. The molecule has 13 heavy (non-hydrogen) atoms. The number of hydrogen-bond acceptors (Lipinski definition) is 2. The van der Waals surface area contributed by atoms with Crippen molar-refractivity contribution in [3.8, 4) is 0 Å². The van der Waals surface area contributed by atoms with Crippen molar-refractivity contribution >= 4 is 12.7 Å². The summed E-state index contributed by atoms with van der Waals surface area (Å²) < 4.78 is 0. The summed E-state index contributed by atoms with van der Waals surface area (Å²) in [6.45, 7) is 2.11. The Hall–Kier alpha value is -0.825. The van der Waals surface area contributed by atoms with Crippen molar-refractivity contribution in [3.05, 3.63) is 24.0 Å². The van der Waals surface area contributed by atoms with Crippen LogP contribution >= 0.6 is 0 Å². The van der Waals surface area contributed by atoms with Crippen molar-refractivity contribution in [2.45, 2.75) is 31.7 Å². The molecule has 1 aliphatic rings. The molecule has 0 saturated heterocycles. The Morgan fingerprint density at radius 1 is 1.46 bits per heavy atom. The molecule has 0 unspecified atom stereocenters. The van der Waals surface area contributed by atoms with E-state index in [2.05, 4.69) is 17.9 Å². The van der Waals surface area contributed by atoms with E-state index in [1.807, 2.05) is 12.3 Å². The number of nitrogens with zero attached hydrogens (tertiary/aromatic N) is 1. The van der Waals surface area contributed by atoms with Crippen LogP contribution in [-0.4, -0.2) is 17.4 Å². The van der Waals surface area contributed by atoms with Crippen LogP contribution in [0.5, 0.6) is 0 Å². The first-order chi connectivity index (χ1) is 6.24. The summed E-state index contributed by atoms with van der Waals surface area (Å²) in [5, 5.41) is 9.98. The van der Waals surface area contributed by atoms with E-state index in [0.29, 0.717) is 0 Å². The van der Waals surface area contributed by atoms with Gasteiger partial charge in [-0.2, -0.15) is 0 Å². The van der Waals surface area contributed by atoms with Gasteiger partial charge >= 0.3 is 0 Å². The van der Waals surface area contributed by atoms with Crippen molar-refractivity contribution < 1.29 is 5.11 Å². The third kappa shape index (κ3) is 1.48. The van der Waals surface area contributed by atoms with E-state index in [1.54, 1.807) is 0 Å². The van der Waals surface area contributed by atoms with Crippen molar-refractivity contribution in [2.24, 2.45) is 0 Å². The average Bonchev–Trinajstić information content (AvgIpc) is 2.14. The fraction of sp³-hybridized carbons (Fsp3) is 0.500. The largest absolute Gasteiger partial charge is 0.384 e. The summed E-state index contributed by atoms with van der Waals surface area (Å²) >= 11 is 0. The molecule has 0 spiro atoms. The molecule has 0 radical (unpaired) electrons. The topological polar surface area (TPSA) is 33.1 Å². The van der Waals surface area contributed by atoms with E-state index < -0.39 is 5.60 Å². The summed E-state index contributed by atoms with van der Waals surface area (Å²) in [5.74, 6) is 0. The van der Waals surface area contributed by atoms with Crippen molar-refractivity contribution in [2.75, 3.05) is 0 Å². The van der Waals surface area contributed by atoms with Gasteiger partial charge in [0.1, 0.15) is 5.60 Å². The van der Waals surface area contributed by atoms with Gasteiger partial charge in [-0.25, -0.2) is 0 Å². The second kappa shape index (κ2) is 3.15.